The molecule has 0 spiro atoms. The Morgan fingerprint density at radius 2 is 1.31 bits per heavy atom. The van der Waals surface area contributed by atoms with Gasteiger partial charge < -0.3 is 4.98 Å². The van der Waals surface area contributed by atoms with E-state index in [0.717, 1.165) is 65.5 Å². The fourth-order valence-electron chi connectivity index (χ4n) is 5.34. The third-order valence-electron chi connectivity index (χ3n) is 7.23. The highest BCUT2D eigenvalue weighted by molar-refractivity contribution is 9.10. The lowest BCUT2D eigenvalue weighted by molar-refractivity contribution is 1.18. The van der Waals surface area contributed by atoms with E-state index in [-0.39, 0.29) is 0 Å². The van der Waals surface area contributed by atoms with E-state index in [1.165, 1.54) is 0 Å². The first-order chi connectivity index (χ1) is 20.5. The van der Waals surface area contributed by atoms with E-state index < -0.39 is 0 Å². The van der Waals surface area contributed by atoms with Gasteiger partial charge in [0.25, 0.3) is 0 Å². The molecule has 0 fully saturated rings. The number of halogens is 3. The van der Waals surface area contributed by atoms with Gasteiger partial charge in [-0.3, -0.25) is 0 Å². The number of aromatic nitrogens is 2. The zero-order chi connectivity index (χ0) is 28.6. The smallest absolute Gasteiger partial charge is 0.141 e. The van der Waals surface area contributed by atoms with Crippen LogP contribution in [0.3, 0.4) is 0 Å². The predicted molar refractivity (Wildman–Crippen MR) is 179 cm³/mol. The minimum absolute atomic E-state index is 0.661. The molecule has 0 bridgehead atoms. The van der Waals surface area contributed by atoms with Gasteiger partial charge in [0.15, 0.2) is 0 Å². The number of nitrogens with one attached hydrogen (secondary N) is 1. The van der Waals surface area contributed by atoms with E-state index in [9.17, 15) is 0 Å². The third-order valence-corrected chi connectivity index (χ3v) is 8.21. The Morgan fingerprint density at radius 3 is 2.05 bits per heavy atom. The molecular weight excluding hydrogens is 625 g/mol. The fraction of sp³-hybridized carbons (Fsp3) is 0. The van der Waals surface area contributed by atoms with Crippen molar-refractivity contribution in [2.24, 2.45) is 4.99 Å². The number of hydrogen-bond acceptors (Lipinski definition) is 2. The van der Waals surface area contributed by atoms with E-state index in [2.05, 4.69) is 75.5 Å². The summed E-state index contributed by atoms with van der Waals surface area (Å²) in [6.07, 6.45) is 0. The third kappa shape index (κ3) is 5.14. The predicted octanol–water partition coefficient (Wildman–Crippen LogP) is 11.0. The molecule has 2 heterocycles. The number of H-pyrrole nitrogens is 1. The van der Waals surface area contributed by atoms with Gasteiger partial charge in [-0.1, -0.05) is 99.8 Å². The van der Waals surface area contributed by atoms with Crippen LogP contribution >= 0.6 is 39.1 Å². The summed E-state index contributed by atoms with van der Waals surface area (Å²) in [6, 6.07) is 42.5. The molecule has 202 valence electrons. The Balaban J connectivity index is 1.66. The minimum atomic E-state index is 0.661. The second-order valence-electron chi connectivity index (χ2n) is 9.95. The van der Waals surface area contributed by atoms with Crippen molar-refractivity contribution in [2.45, 2.75) is 0 Å². The molecule has 7 rings (SSSR count). The molecule has 5 aromatic carbocycles. The summed E-state index contributed by atoms with van der Waals surface area (Å²) in [7, 11) is 0. The highest BCUT2D eigenvalue weighted by Crippen LogP contribution is 2.39. The van der Waals surface area contributed by atoms with Crippen molar-refractivity contribution in [3.63, 3.8) is 0 Å². The SMILES string of the molecule is Clc1ccc(N=c2[nH]c3ccc(Br)cc3c(-c3ccccc3)c2-c2cc(-c3ccccc3)c3cc(Cl)ccc3n2)cc1. The molecule has 0 aliphatic heterocycles. The number of nitrogens with zero attached hydrogens (tertiary/aromatic N) is 2. The van der Waals surface area contributed by atoms with E-state index in [4.69, 9.17) is 33.2 Å². The lowest BCUT2D eigenvalue weighted by atomic mass is 9.92. The van der Waals surface area contributed by atoms with Crippen LogP contribution in [-0.2, 0) is 0 Å². The topological polar surface area (TPSA) is 41.0 Å². The van der Waals surface area contributed by atoms with Gasteiger partial charge in [-0.2, -0.15) is 0 Å². The average Bonchev–Trinajstić information content (AvgIpc) is 3.02. The number of benzene rings is 5. The second kappa shape index (κ2) is 11.2. The molecule has 7 aromatic rings. The Bertz CT molecular complexity index is 2160. The molecule has 0 saturated heterocycles. The van der Waals surface area contributed by atoms with Gasteiger partial charge in [0.05, 0.1) is 22.5 Å². The van der Waals surface area contributed by atoms with Crippen molar-refractivity contribution in [1.29, 1.82) is 0 Å². The molecule has 3 nitrogen and oxygen atoms in total. The van der Waals surface area contributed by atoms with E-state index >= 15 is 0 Å². The van der Waals surface area contributed by atoms with Gasteiger partial charge in [0.1, 0.15) is 5.49 Å². The fourth-order valence-corrected chi connectivity index (χ4v) is 6.00. The van der Waals surface area contributed by atoms with Gasteiger partial charge in [-0.25, -0.2) is 9.98 Å². The van der Waals surface area contributed by atoms with Crippen LogP contribution in [-0.4, -0.2) is 9.97 Å². The van der Waals surface area contributed by atoms with Crippen LogP contribution in [0.5, 0.6) is 0 Å². The molecule has 0 aliphatic rings. The minimum Gasteiger partial charge on any atom is -0.339 e. The number of rotatable bonds is 4. The molecule has 0 saturated carbocycles. The summed E-state index contributed by atoms with van der Waals surface area (Å²) in [4.78, 5) is 14.0. The second-order valence-corrected chi connectivity index (χ2v) is 11.7. The van der Waals surface area contributed by atoms with Crippen LogP contribution < -0.4 is 5.49 Å². The monoisotopic (exact) mass is 645 g/mol. The van der Waals surface area contributed by atoms with Crippen LogP contribution in [0.15, 0.2) is 137 Å². The van der Waals surface area contributed by atoms with Gasteiger partial charge >= 0.3 is 0 Å². The lowest BCUT2D eigenvalue weighted by Gasteiger charge is -2.17. The first-order valence-electron chi connectivity index (χ1n) is 13.4. The molecule has 42 heavy (non-hydrogen) atoms. The van der Waals surface area contributed by atoms with Crippen molar-refractivity contribution >= 4 is 66.6 Å². The van der Waals surface area contributed by atoms with Crippen molar-refractivity contribution in [2.75, 3.05) is 0 Å². The highest BCUT2D eigenvalue weighted by Gasteiger charge is 2.19. The summed E-state index contributed by atoms with van der Waals surface area (Å²) in [6.45, 7) is 0. The Hall–Kier alpha value is -4.22. The van der Waals surface area contributed by atoms with E-state index in [1.54, 1.807) is 0 Å². The molecule has 0 atom stereocenters. The van der Waals surface area contributed by atoms with Gasteiger partial charge in [0.2, 0.25) is 0 Å². The van der Waals surface area contributed by atoms with Crippen molar-refractivity contribution in [3.05, 3.63) is 147 Å². The van der Waals surface area contributed by atoms with Crippen LogP contribution in [0.1, 0.15) is 0 Å². The maximum absolute atomic E-state index is 6.49. The Kier molecular flexibility index (Phi) is 7.12. The summed E-state index contributed by atoms with van der Waals surface area (Å²) in [5, 5.41) is 3.37. The zero-order valence-electron chi connectivity index (χ0n) is 22.2. The number of hydrogen-bond donors (Lipinski definition) is 1. The van der Waals surface area contributed by atoms with E-state index in [1.807, 2.05) is 72.8 Å². The summed E-state index contributed by atoms with van der Waals surface area (Å²) in [5.41, 5.74) is 9.22. The summed E-state index contributed by atoms with van der Waals surface area (Å²) >= 11 is 16.4. The molecular formula is C36H22BrCl2N3. The maximum atomic E-state index is 6.49. The summed E-state index contributed by atoms with van der Waals surface area (Å²) in [5.74, 6) is 0. The van der Waals surface area contributed by atoms with Crippen LogP contribution in [0, 0.1) is 0 Å². The van der Waals surface area contributed by atoms with Crippen LogP contribution in [0.2, 0.25) is 10.0 Å². The van der Waals surface area contributed by atoms with E-state index in [0.29, 0.717) is 15.5 Å². The van der Waals surface area contributed by atoms with Crippen LogP contribution in [0.25, 0.3) is 55.3 Å². The van der Waals surface area contributed by atoms with Gasteiger partial charge in [-0.15, -0.1) is 0 Å². The van der Waals surface area contributed by atoms with Crippen molar-refractivity contribution in [3.8, 4) is 33.5 Å². The van der Waals surface area contributed by atoms with Crippen molar-refractivity contribution in [1.82, 2.24) is 9.97 Å². The number of fused-ring (bicyclic) bond motifs is 2. The largest absolute Gasteiger partial charge is 0.339 e. The number of pyridine rings is 2. The highest BCUT2D eigenvalue weighted by atomic mass is 79.9. The normalized spacial score (nSPS) is 11.8. The van der Waals surface area contributed by atoms with Crippen LogP contribution in [0.4, 0.5) is 5.69 Å². The Labute approximate surface area is 261 Å². The molecule has 0 unspecified atom stereocenters. The Morgan fingerprint density at radius 1 is 0.619 bits per heavy atom. The maximum Gasteiger partial charge on any atom is 0.141 e. The molecule has 2 aromatic heterocycles. The molecule has 0 radical (unpaired) electrons. The average molecular weight is 647 g/mol. The molecule has 0 aliphatic carbocycles. The van der Waals surface area contributed by atoms with Crippen molar-refractivity contribution < 1.29 is 0 Å². The molecule has 6 heteroatoms. The molecule has 1 N–H and O–H groups in total. The first kappa shape index (κ1) is 26.7. The first-order valence-corrected chi connectivity index (χ1v) is 15.0. The van der Waals surface area contributed by atoms with Gasteiger partial charge in [-0.05, 0) is 83.4 Å². The standard InChI is InChI=1S/C36H22BrCl2N3/c37-24-11-17-32-30(19-24)34(23-9-5-2-6-10-23)35(36(42-32)40-27-15-12-25(38)13-16-27)33-21-28(22-7-3-1-4-8-22)29-20-26(39)14-18-31(29)41-33/h1-21H,(H,40,42). The molecule has 0 amide bonds. The number of aromatic amines is 1. The van der Waals surface area contributed by atoms with Gasteiger partial charge in [0, 0.05) is 36.4 Å². The summed E-state index contributed by atoms with van der Waals surface area (Å²) < 4.78 is 0.986. The lowest BCUT2D eigenvalue weighted by Crippen LogP contribution is -2.14. The zero-order valence-corrected chi connectivity index (χ0v) is 25.3. The quantitative estimate of drug-likeness (QED) is 0.203.